The Kier molecular flexibility index (Phi) is 4.51. The predicted octanol–water partition coefficient (Wildman–Crippen LogP) is 2.73. The maximum Gasteiger partial charge on any atom is 0.145 e. The molecule has 11 heavy (non-hydrogen) atoms. The van der Waals surface area contributed by atoms with Crippen LogP contribution in [-0.4, -0.2) is 6.29 Å². The van der Waals surface area contributed by atoms with E-state index in [-0.39, 0.29) is 0 Å². The summed E-state index contributed by atoms with van der Waals surface area (Å²) in [7, 11) is 0. The van der Waals surface area contributed by atoms with E-state index in [2.05, 4.69) is 13.5 Å². The zero-order valence-corrected chi connectivity index (χ0v) is 7.55. The summed E-state index contributed by atoms with van der Waals surface area (Å²) in [4.78, 5) is 10.4. The molecule has 0 N–H and O–H groups in total. The van der Waals surface area contributed by atoms with Crippen LogP contribution >= 0.6 is 0 Å². The Morgan fingerprint density at radius 3 is 2.45 bits per heavy atom. The molecule has 0 rings (SSSR count). The fourth-order valence-corrected chi connectivity index (χ4v) is 0.762. The second-order valence-corrected chi connectivity index (χ2v) is 2.93. The van der Waals surface area contributed by atoms with Gasteiger partial charge in [-0.1, -0.05) is 25.2 Å². The first kappa shape index (κ1) is 10.2. The summed E-state index contributed by atoms with van der Waals surface area (Å²) in [6.45, 7) is 9.78. The van der Waals surface area contributed by atoms with Crippen LogP contribution in [-0.2, 0) is 4.79 Å². The maximum atomic E-state index is 10.4. The minimum atomic E-state index is 0.409. The van der Waals surface area contributed by atoms with E-state index < -0.39 is 0 Å². The fraction of sp³-hybridized carbons (Fsp3) is 0.500. The van der Waals surface area contributed by atoms with Crippen LogP contribution in [0, 0.1) is 5.92 Å². The summed E-state index contributed by atoms with van der Waals surface area (Å²) in [6, 6.07) is 0. The van der Waals surface area contributed by atoms with Gasteiger partial charge in [0.1, 0.15) is 6.29 Å². The van der Waals surface area contributed by atoms with Gasteiger partial charge in [-0.05, 0) is 31.8 Å². The maximum absolute atomic E-state index is 10.4. The van der Waals surface area contributed by atoms with Crippen molar-refractivity contribution in [1.29, 1.82) is 0 Å². The lowest BCUT2D eigenvalue weighted by Crippen LogP contribution is -1.98. The van der Waals surface area contributed by atoms with Gasteiger partial charge in [0.05, 0.1) is 0 Å². The largest absolute Gasteiger partial charge is 0.298 e. The molecule has 0 heterocycles. The molecule has 0 saturated carbocycles. The highest BCUT2D eigenvalue weighted by Crippen LogP contribution is 2.16. The quantitative estimate of drug-likeness (QED) is 0.344. The van der Waals surface area contributed by atoms with Crippen molar-refractivity contribution in [3.8, 4) is 0 Å². The van der Waals surface area contributed by atoms with Crippen LogP contribution in [0.25, 0.3) is 0 Å². The van der Waals surface area contributed by atoms with Gasteiger partial charge in [-0.25, -0.2) is 0 Å². The topological polar surface area (TPSA) is 17.1 Å². The molecule has 0 radical (unpaired) electrons. The van der Waals surface area contributed by atoms with Gasteiger partial charge in [0.25, 0.3) is 0 Å². The summed E-state index contributed by atoms with van der Waals surface area (Å²) in [6.07, 6.45) is 3.58. The first-order chi connectivity index (χ1) is 5.11. The molecule has 0 bridgehead atoms. The molecule has 0 aromatic rings. The van der Waals surface area contributed by atoms with E-state index in [1.54, 1.807) is 0 Å². The van der Waals surface area contributed by atoms with Crippen molar-refractivity contribution in [3.63, 3.8) is 0 Å². The van der Waals surface area contributed by atoms with Crippen LogP contribution in [0.5, 0.6) is 0 Å². The van der Waals surface area contributed by atoms with Gasteiger partial charge in [-0.15, -0.1) is 0 Å². The molecule has 1 atom stereocenters. The molecule has 0 spiro atoms. The molecule has 1 nitrogen and oxygen atoms in total. The number of rotatable bonds is 4. The van der Waals surface area contributed by atoms with Crippen molar-refractivity contribution in [2.45, 2.75) is 27.2 Å². The van der Waals surface area contributed by atoms with Gasteiger partial charge in [0, 0.05) is 0 Å². The van der Waals surface area contributed by atoms with Crippen molar-refractivity contribution >= 4 is 6.29 Å². The average molecular weight is 152 g/mol. The smallest absolute Gasteiger partial charge is 0.145 e. The van der Waals surface area contributed by atoms with Gasteiger partial charge < -0.3 is 0 Å². The van der Waals surface area contributed by atoms with Gasteiger partial charge >= 0.3 is 0 Å². The van der Waals surface area contributed by atoms with Gasteiger partial charge in [-0.3, -0.25) is 4.79 Å². The van der Waals surface area contributed by atoms with Crippen LogP contribution in [0.4, 0.5) is 0 Å². The van der Waals surface area contributed by atoms with E-state index in [0.29, 0.717) is 5.92 Å². The molecule has 62 valence electrons. The van der Waals surface area contributed by atoms with Crippen molar-refractivity contribution < 1.29 is 4.79 Å². The second-order valence-electron chi connectivity index (χ2n) is 2.93. The highest BCUT2D eigenvalue weighted by molar-refractivity contribution is 5.72. The standard InChI is InChI=1S/C10H16O/c1-5-10(7-11)6-9(4)8(2)3/h5,7,9H,2,6H2,1,3-4H3/b10-5+. The number of hydrogen-bond donors (Lipinski definition) is 0. The van der Waals surface area contributed by atoms with Crippen LogP contribution < -0.4 is 0 Å². The molecule has 0 aliphatic heterocycles. The van der Waals surface area contributed by atoms with Gasteiger partial charge in [0.2, 0.25) is 0 Å². The lowest BCUT2D eigenvalue weighted by Gasteiger charge is -2.09. The summed E-state index contributed by atoms with van der Waals surface area (Å²) in [5.41, 5.74) is 1.99. The molecule has 0 amide bonds. The highest BCUT2D eigenvalue weighted by atomic mass is 16.1. The van der Waals surface area contributed by atoms with E-state index in [4.69, 9.17) is 0 Å². The number of aldehydes is 1. The molecule has 0 aliphatic rings. The van der Waals surface area contributed by atoms with Gasteiger partial charge in [-0.2, -0.15) is 0 Å². The molecular formula is C10H16O. The second kappa shape index (κ2) is 4.89. The SMILES string of the molecule is C=C(C)C(C)C/C(C=O)=C\C. The van der Waals surface area contributed by atoms with Crippen LogP contribution in [0.15, 0.2) is 23.8 Å². The summed E-state index contributed by atoms with van der Waals surface area (Å²) in [5, 5.41) is 0. The lowest BCUT2D eigenvalue weighted by atomic mass is 9.96. The summed E-state index contributed by atoms with van der Waals surface area (Å²) in [5.74, 6) is 0.409. The molecule has 0 saturated heterocycles. The third-order valence-corrected chi connectivity index (χ3v) is 1.91. The van der Waals surface area contributed by atoms with Crippen molar-refractivity contribution in [2.24, 2.45) is 5.92 Å². The number of carbonyl (C=O) groups is 1. The molecule has 0 aromatic heterocycles. The zero-order chi connectivity index (χ0) is 8.85. The third-order valence-electron chi connectivity index (χ3n) is 1.91. The Labute approximate surface area is 68.8 Å². The lowest BCUT2D eigenvalue weighted by molar-refractivity contribution is -0.105. The Morgan fingerprint density at radius 2 is 2.18 bits per heavy atom. The van der Waals surface area contributed by atoms with E-state index in [1.165, 1.54) is 0 Å². The fourth-order valence-electron chi connectivity index (χ4n) is 0.762. The summed E-state index contributed by atoms with van der Waals surface area (Å²) < 4.78 is 0. The van der Waals surface area contributed by atoms with E-state index >= 15 is 0 Å². The van der Waals surface area contributed by atoms with E-state index in [0.717, 1.165) is 23.9 Å². The van der Waals surface area contributed by atoms with Gasteiger partial charge in [0.15, 0.2) is 0 Å². The van der Waals surface area contributed by atoms with E-state index in [9.17, 15) is 4.79 Å². The minimum absolute atomic E-state index is 0.409. The van der Waals surface area contributed by atoms with Crippen LogP contribution in [0.1, 0.15) is 27.2 Å². The van der Waals surface area contributed by atoms with Crippen molar-refractivity contribution in [3.05, 3.63) is 23.8 Å². The molecule has 0 aromatic carbocycles. The first-order valence-corrected chi connectivity index (χ1v) is 3.87. The molecular weight excluding hydrogens is 136 g/mol. The monoisotopic (exact) mass is 152 g/mol. The van der Waals surface area contributed by atoms with Crippen molar-refractivity contribution in [1.82, 2.24) is 0 Å². The zero-order valence-electron chi connectivity index (χ0n) is 7.55. The minimum Gasteiger partial charge on any atom is -0.298 e. The predicted molar refractivity (Wildman–Crippen MR) is 48.4 cm³/mol. The molecule has 0 fully saturated rings. The Morgan fingerprint density at radius 1 is 1.64 bits per heavy atom. The summed E-state index contributed by atoms with van der Waals surface area (Å²) >= 11 is 0. The number of hydrogen-bond acceptors (Lipinski definition) is 1. The highest BCUT2D eigenvalue weighted by Gasteiger charge is 2.04. The average Bonchev–Trinajstić information content (AvgIpc) is 1.99. The van der Waals surface area contributed by atoms with E-state index in [1.807, 2.05) is 19.9 Å². The first-order valence-electron chi connectivity index (χ1n) is 3.87. The third kappa shape index (κ3) is 3.76. The normalized spacial score (nSPS) is 14.3. The Balaban J connectivity index is 4.02. The molecule has 1 heteroatoms. The number of carbonyl (C=O) groups excluding carboxylic acids is 1. The molecule has 0 aliphatic carbocycles. The Hall–Kier alpha value is -0.850. The van der Waals surface area contributed by atoms with Crippen LogP contribution in [0.2, 0.25) is 0 Å². The molecule has 1 unspecified atom stereocenters. The number of allylic oxidation sites excluding steroid dienone is 3. The van der Waals surface area contributed by atoms with Crippen LogP contribution in [0.3, 0.4) is 0 Å². The van der Waals surface area contributed by atoms with Crippen molar-refractivity contribution in [2.75, 3.05) is 0 Å². The Bertz CT molecular complexity index is 177.